The number of nitrogens with zero attached hydrogens (tertiary/aromatic N) is 1. The second-order valence-electron chi connectivity index (χ2n) is 4.98. The molecule has 0 amide bonds. The Labute approximate surface area is 126 Å². The van der Waals surface area contributed by atoms with E-state index in [-0.39, 0.29) is 0 Å². The number of hydrogen-bond acceptors (Lipinski definition) is 3. The summed E-state index contributed by atoms with van der Waals surface area (Å²) in [6.45, 7) is 3.01. The molecule has 1 aliphatic rings. The molecular formula is C15H16BrNOS. The maximum Gasteiger partial charge on any atom is 0.0965 e. The third kappa shape index (κ3) is 3.07. The fraction of sp³-hybridized carbons (Fsp3) is 0.400. The Hall–Kier alpha value is -0.710. The van der Waals surface area contributed by atoms with Crippen LogP contribution in [0.15, 0.2) is 34.1 Å². The Balaban J connectivity index is 1.83. The van der Waals surface area contributed by atoms with Crippen molar-refractivity contribution in [3.63, 3.8) is 0 Å². The molecule has 2 nitrogen and oxygen atoms in total. The molecule has 0 aliphatic carbocycles. The Kier molecular flexibility index (Phi) is 4.01. The average Bonchev–Trinajstić information content (AvgIpc) is 2.88. The van der Waals surface area contributed by atoms with E-state index >= 15 is 0 Å². The van der Waals surface area contributed by atoms with Gasteiger partial charge in [-0.3, -0.25) is 0 Å². The highest BCUT2D eigenvalue weighted by Gasteiger charge is 2.23. The summed E-state index contributed by atoms with van der Waals surface area (Å²) in [5, 5.41) is 3.42. The molecule has 4 heteroatoms. The molecule has 1 fully saturated rings. The zero-order valence-corrected chi connectivity index (χ0v) is 13.2. The topological polar surface area (TPSA) is 22.1 Å². The molecule has 0 saturated carbocycles. The smallest absolute Gasteiger partial charge is 0.0965 e. The molecule has 2 aromatic rings. The van der Waals surface area contributed by atoms with Gasteiger partial charge in [-0.05, 0) is 31.9 Å². The van der Waals surface area contributed by atoms with Crippen molar-refractivity contribution in [1.29, 1.82) is 0 Å². The van der Waals surface area contributed by atoms with E-state index in [0.717, 1.165) is 29.6 Å². The van der Waals surface area contributed by atoms with Crippen molar-refractivity contribution < 1.29 is 4.74 Å². The van der Waals surface area contributed by atoms with Crippen molar-refractivity contribution in [3.8, 4) is 11.3 Å². The Bertz CT molecular complexity index is 569. The quantitative estimate of drug-likeness (QED) is 0.780. The van der Waals surface area contributed by atoms with Crippen LogP contribution >= 0.6 is 27.3 Å². The Morgan fingerprint density at radius 3 is 3.11 bits per heavy atom. The normalized spacial score (nSPS) is 23.5. The van der Waals surface area contributed by atoms with Crippen LogP contribution in [0, 0.1) is 0 Å². The van der Waals surface area contributed by atoms with Gasteiger partial charge in [0, 0.05) is 27.9 Å². The minimum atomic E-state index is 0.358. The van der Waals surface area contributed by atoms with Crippen LogP contribution in [0.3, 0.4) is 0 Å². The molecule has 0 bridgehead atoms. The van der Waals surface area contributed by atoms with Gasteiger partial charge in [0.15, 0.2) is 0 Å². The van der Waals surface area contributed by atoms with Gasteiger partial charge in [0.25, 0.3) is 0 Å². The van der Waals surface area contributed by atoms with Gasteiger partial charge in [-0.2, -0.15) is 0 Å². The summed E-state index contributed by atoms with van der Waals surface area (Å²) >= 11 is 5.29. The highest BCUT2D eigenvalue weighted by atomic mass is 79.9. The van der Waals surface area contributed by atoms with Crippen molar-refractivity contribution in [3.05, 3.63) is 39.1 Å². The first-order chi connectivity index (χ1) is 9.22. The van der Waals surface area contributed by atoms with Crippen molar-refractivity contribution in [1.82, 2.24) is 4.98 Å². The maximum absolute atomic E-state index is 5.61. The van der Waals surface area contributed by atoms with Gasteiger partial charge in [0.2, 0.25) is 0 Å². The van der Waals surface area contributed by atoms with Crippen LogP contribution in [-0.4, -0.2) is 17.7 Å². The first kappa shape index (κ1) is 13.3. The molecule has 3 rings (SSSR count). The second-order valence-corrected chi connectivity index (χ2v) is 6.79. The SMILES string of the molecule is C[C@@H]1C[C@H](c2nc(-c3cccc(Br)c3)cs2)CCO1. The number of hydrogen-bond donors (Lipinski definition) is 0. The van der Waals surface area contributed by atoms with E-state index in [2.05, 4.69) is 46.4 Å². The van der Waals surface area contributed by atoms with E-state index in [1.54, 1.807) is 11.3 Å². The minimum absolute atomic E-state index is 0.358. The monoisotopic (exact) mass is 337 g/mol. The van der Waals surface area contributed by atoms with E-state index in [9.17, 15) is 0 Å². The molecule has 1 saturated heterocycles. The summed E-state index contributed by atoms with van der Waals surface area (Å²) in [5.41, 5.74) is 2.26. The first-order valence-corrected chi connectivity index (χ1v) is 8.22. The number of rotatable bonds is 2. The standard InChI is InChI=1S/C15H16BrNOS/c1-10-7-12(5-6-18-10)15-17-14(9-19-15)11-3-2-4-13(16)8-11/h2-4,8-10,12H,5-7H2,1H3/t10-,12-/m1/s1. The third-order valence-corrected chi connectivity index (χ3v) is 4.98. The van der Waals surface area contributed by atoms with Crippen LogP contribution in [-0.2, 0) is 4.74 Å². The molecule has 1 aromatic carbocycles. The molecule has 100 valence electrons. The lowest BCUT2D eigenvalue weighted by Crippen LogP contribution is -2.21. The average molecular weight is 338 g/mol. The van der Waals surface area contributed by atoms with Gasteiger partial charge in [-0.25, -0.2) is 4.98 Å². The molecular weight excluding hydrogens is 322 g/mol. The summed E-state index contributed by atoms with van der Waals surface area (Å²) in [7, 11) is 0. The zero-order chi connectivity index (χ0) is 13.2. The molecule has 0 radical (unpaired) electrons. The van der Waals surface area contributed by atoms with E-state index in [0.29, 0.717) is 12.0 Å². The maximum atomic E-state index is 5.61. The van der Waals surface area contributed by atoms with Gasteiger partial charge in [0.05, 0.1) is 16.8 Å². The summed E-state index contributed by atoms with van der Waals surface area (Å²) < 4.78 is 6.70. The van der Waals surface area contributed by atoms with Crippen LogP contribution in [0.1, 0.15) is 30.7 Å². The summed E-state index contributed by atoms with van der Waals surface area (Å²) in [6, 6.07) is 8.31. The van der Waals surface area contributed by atoms with Gasteiger partial charge >= 0.3 is 0 Å². The molecule has 1 aliphatic heterocycles. The van der Waals surface area contributed by atoms with E-state index < -0.39 is 0 Å². The lowest BCUT2D eigenvalue weighted by atomic mass is 9.97. The van der Waals surface area contributed by atoms with E-state index in [1.807, 2.05) is 6.07 Å². The molecule has 0 N–H and O–H groups in total. The zero-order valence-electron chi connectivity index (χ0n) is 10.8. The molecule has 0 spiro atoms. The largest absolute Gasteiger partial charge is 0.378 e. The molecule has 1 aromatic heterocycles. The van der Waals surface area contributed by atoms with Crippen LogP contribution in [0.5, 0.6) is 0 Å². The van der Waals surface area contributed by atoms with E-state index in [1.165, 1.54) is 10.6 Å². The fourth-order valence-electron chi connectivity index (χ4n) is 2.48. The van der Waals surface area contributed by atoms with Gasteiger partial charge in [0.1, 0.15) is 0 Å². The van der Waals surface area contributed by atoms with Crippen molar-refractivity contribution in [2.45, 2.75) is 31.8 Å². The highest BCUT2D eigenvalue weighted by molar-refractivity contribution is 9.10. The summed E-state index contributed by atoms with van der Waals surface area (Å²) in [5.74, 6) is 0.564. The lowest BCUT2D eigenvalue weighted by molar-refractivity contribution is 0.0186. The van der Waals surface area contributed by atoms with Gasteiger partial charge in [-0.15, -0.1) is 11.3 Å². The molecule has 2 atom stereocenters. The fourth-order valence-corrected chi connectivity index (χ4v) is 3.86. The van der Waals surface area contributed by atoms with Crippen molar-refractivity contribution >= 4 is 27.3 Å². The molecule has 0 unspecified atom stereocenters. The highest BCUT2D eigenvalue weighted by Crippen LogP contribution is 2.34. The second kappa shape index (κ2) is 5.73. The number of halogens is 1. The molecule has 19 heavy (non-hydrogen) atoms. The van der Waals surface area contributed by atoms with Crippen LogP contribution in [0.2, 0.25) is 0 Å². The lowest BCUT2D eigenvalue weighted by Gasteiger charge is -2.25. The molecule has 2 heterocycles. The third-order valence-electron chi connectivity index (χ3n) is 3.48. The van der Waals surface area contributed by atoms with E-state index in [4.69, 9.17) is 9.72 Å². The predicted octanol–water partition coefficient (Wildman–Crippen LogP) is 4.86. The first-order valence-electron chi connectivity index (χ1n) is 6.55. The Morgan fingerprint density at radius 1 is 1.42 bits per heavy atom. The van der Waals surface area contributed by atoms with Crippen LogP contribution in [0.25, 0.3) is 11.3 Å². The number of thiazole rings is 1. The van der Waals surface area contributed by atoms with Gasteiger partial charge in [-0.1, -0.05) is 28.1 Å². The predicted molar refractivity (Wildman–Crippen MR) is 82.6 cm³/mol. The number of aromatic nitrogens is 1. The van der Waals surface area contributed by atoms with Crippen molar-refractivity contribution in [2.24, 2.45) is 0 Å². The van der Waals surface area contributed by atoms with Gasteiger partial charge < -0.3 is 4.74 Å². The van der Waals surface area contributed by atoms with Crippen LogP contribution in [0.4, 0.5) is 0 Å². The Morgan fingerprint density at radius 2 is 2.32 bits per heavy atom. The summed E-state index contributed by atoms with van der Waals surface area (Å²) in [6.07, 6.45) is 2.54. The summed E-state index contributed by atoms with van der Waals surface area (Å²) in [4.78, 5) is 4.82. The number of ether oxygens (including phenoxy) is 1. The number of benzene rings is 1. The van der Waals surface area contributed by atoms with Crippen LogP contribution < -0.4 is 0 Å². The van der Waals surface area contributed by atoms with Crippen molar-refractivity contribution in [2.75, 3.05) is 6.61 Å². The minimum Gasteiger partial charge on any atom is -0.378 e.